The number of methoxy groups -OCH3 is 1. The summed E-state index contributed by atoms with van der Waals surface area (Å²) in [6, 6.07) is 0.285. The summed E-state index contributed by atoms with van der Waals surface area (Å²) in [5, 5.41) is 3.58. The summed E-state index contributed by atoms with van der Waals surface area (Å²) in [5.41, 5.74) is 5.55. The van der Waals surface area contributed by atoms with Crippen molar-refractivity contribution in [2.24, 2.45) is 35.3 Å². The average Bonchev–Trinajstić information content (AvgIpc) is 3.08. The Morgan fingerprint density at radius 2 is 2.26 bits per heavy atom. The predicted octanol–water partition coefficient (Wildman–Crippen LogP) is 0.925. The molecule has 0 spiro atoms. The monoisotopic (exact) mass is 264 g/mol. The first kappa shape index (κ1) is 13.1. The summed E-state index contributed by atoms with van der Waals surface area (Å²) >= 11 is 0. The molecule has 4 nitrogen and oxygen atoms in total. The number of nitrogens with one attached hydrogen (secondary N) is 1. The number of esters is 1. The van der Waals surface area contributed by atoms with Gasteiger partial charge in [-0.25, -0.2) is 0 Å². The molecule has 5 unspecified atom stereocenters. The standard InChI is InChI=1S/C15H24N2O2/c1-19-15(18)13-11-8-12(10-5-2-4-9(10)11)14(13)17-7-3-6-16/h2,5,9-14,17H,3-4,6-8,16H2,1H3/t9?,10?,11-,12?,13?,14?/m0/s1. The second-order valence-corrected chi connectivity index (χ2v) is 6.14. The van der Waals surface area contributed by atoms with E-state index < -0.39 is 0 Å². The molecule has 0 heterocycles. The highest BCUT2D eigenvalue weighted by atomic mass is 16.5. The number of hydrogen-bond acceptors (Lipinski definition) is 4. The first-order valence-electron chi connectivity index (χ1n) is 7.46. The van der Waals surface area contributed by atoms with Crippen LogP contribution in [0.1, 0.15) is 19.3 Å². The van der Waals surface area contributed by atoms with Crippen LogP contribution in [0.2, 0.25) is 0 Å². The van der Waals surface area contributed by atoms with E-state index in [4.69, 9.17) is 10.5 Å². The zero-order chi connectivity index (χ0) is 13.4. The van der Waals surface area contributed by atoms with Gasteiger partial charge in [0.1, 0.15) is 0 Å². The molecule has 3 aliphatic rings. The second-order valence-electron chi connectivity index (χ2n) is 6.14. The maximum Gasteiger partial charge on any atom is 0.310 e. The Morgan fingerprint density at radius 1 is 1.42 bits per heavy atom. The van der Waals surface area contributed by atoms with Crippen molar-refractivity contribution >= 4 is 5.97 Å². The number of carbonyl (C=O) groups is 1. The summed E-state index contributed by atoms with van der Waals surface area (Å²) in [6.07, 6.45) is 7.96. The van der Waals surface area contributed by atoms with E-state index in [-0.39, 0.29) is 17.9 Å². The molecule has 0 aromatic heterocycles. The Bertz CT molecular complexity index is 382. The second kappa shape index (κ2) is 5.25. The Labute approximate surface area is 114 Å². The van der Waals surface area contributed by atoms with Crippen LogP contribution in [0.4, 0.5) is 0 Å². The number of ether oxygens (including phenoxy) is 1. The molecule has 0 aromatic carbocycles. The van der Waals surface area contributed by atoms with Crippen molar-refractivity contribution < 1.29 is 9.53 Å². The Hall–Kier alpha value is -0.870. The molecule has 2 saturated carbocycles. The van der Waals surface area contributed by atoms with E-state index >= 15 is 0 Å². The number of fused-ring (bicyclic) bond motifs is 5. The molecule has 0 radical (unpaired) electrons. The highest BCUT2D eigenvalue weighted by Gasteiger charge is 2.60. The molecule has 0 aromatic rings. The lowest BCUT2D eigenvalue weighted by molar-refractivity contribution is -0.149. The molecule has 106 valence electrons. The van der Waals surface area contributed by atoms with E-state index in [2.05, 4.69) is 17.5 Å². The SMILES string of the molecule is COC(=O)C1C(NCCCN)C2C[C@H]1C1CC=CC21. The number of hydrogen-bond donors (Lipinski definition) is 2. The van der Waals surface area contributed by atoms with Crippen LogP contribution in [0.5, 0.6) is 0 Å². The number of allylic oxidation sites excluding steroid dienone is 2. The van der Waals surface area contributed by atoms with Crippen LogP contribution < -0.4 is 11.1 Å². The maximum atomic E-state index is 12.1. The van der Waals surface area contributed by atoms with Gasteiger partial charge in [0.15, 0.2) is 0 Å². The number of rotatable bonds is 5. The average molecular weight is 264 g/mol. The third-order valence-electron chi connectivity index (χ3n) is 5.39. The van der Waals surface area contributed by atoms with Crippen molar-refractivity contribution in [3.05, 3.63) is 12.2 Å². The van der Waals surface area contributed by atoms with Gasteiger partial charge in [-0.1, -0.05) is 12.2 Å². The van der Waals surface area contributed by atoms with Crippen LogP contribution in [0.15, 0.2) is 12.2 Å². The zero-order valence-corrected chi connectivity index (χ0v) is 11.5. The first-order chi connectivity index (χ1) is 9.27. The van der Waals surface area contributed by atoms with Gasteiger partial charge in [0.25, 0.3) is 0 Å². The normalized spacial score (nSPS) is 42.6. The number of carbonyl (C=O) groups excluding carboxylic acids is 1. The third-order valence-corrected chi connectivity index (χ3v) is 5.39. The lowest BCUT2D eigenvalue weighted by Crippen LogP contribution is -2.49. The van der Waals surface area contributed by atoms with Crippen LogP contribution in [-0.2, 0) is 9.53 Å². The van der Waals surface area contributed by atoms with E-state index in [0.29, 0.717) is 30.2 Å². The molecule has 3 rings (SSSR count). The molecular weight excluding hydrogens is 240 g/mol. The Balaban J connectivity index is 1.75. The smallest absolute Gasteiger partial charge is 0.310 e. The van der Waals surface area contributed by atoms with Gasteiger partial charge in [-0.15, -0.1) is 0 Å². The van der Waals surface area contributed by atoms with Crippen molar-refractivity contribution in [3.63, 3.8) is 0 Å². The molecule has 0 amide bonds. The minimum Gasteiger partial charge on any atom is -0.469 e. The largest absolute Gasteiger partial charge is 0.469 e. The molecule has 6 atom stereocenters. The van der Waals surface area contributed by atoms with Crippen molar-refractivity contribution in [1.29, 1.82) is 0 Å². The molecule has 19 heavy (non-hydrogen) atoms. The van der Waals surface area contributed by atoms with Crippen LogP contribution >= 0.6 is 0 Å². The van der Waals surface area contributed by atoms with Crippen LogP contribution in [0.25, 0.3) is 0 Å². The van der Waals surface area contributed by atoms with Crippen molar-refractivity contribution in [1.82, 2.24) is 5.32 Å². The van der Waals surface area contributed by atoms with Gasteiger partial charge in [0, 0.05) is 6.04 Å². The van der Waals surface area contributed by atoms with E-state index in [9.17, 15) is 4.79 Å². The summed E-state index contributed by atoms with van der Waals surface area (Å²) in [7, 11) is 1.51. The molecule has 0 saturated heterocycles. The van der Waals surface area contributed by atoms with Gasteiger partial charge < -0.3 is 15.8 Å². The van der Waals surface area contributed by atoms with Crippen molar-refractivity contribution in [2.45, 2.75) is 25.3 Å². The van der Waals surface area contributed by atoms with Gasteiger partial charge in [-0.3, -0.25) is 4.79 Å². The lowest BCUT2D eigenvalue weighted by atomic mass is 9.72. The van der Waals surface area contributed by atoms with Crippen molar-refractivity contribution in [2.75, 3.05) is 20.2 Å². The van der Waals surface area contributed by atoms with E-state index in [0.717, 1.165) is 19.4 Å². The van der Waals surface area contributed by atoms with Gasteiger partial charge in [-0.2, -0.15) is 0 Å². The molecule has 4 heteroatoms. The highest BCUT2D eigenvalue weighted by Crippen LogP contribution is 2.59. The molecule has 3 N–H and O–H groups in total. The molecule has 0 aliphatic heterocycles. The zero-order valence-electron chi connectivity index (χ0n) is 11.5. The van der Waals surface area contributed by atoms with Crippen molar-refractivity contribution in [3.8, 4) is 0 Å². The van der Waals surface area contributed by atoms with Crippen LogP contribution in [0.3, 0.4) is 0 Å². The van der Waals surface area contributed by atoms with Gasteiger partial charge in [0.05, 0.1) is 13.0 Å². The fourth-order valence-electron chi connectivity index (χ4n) is 4.70. The molecule has 2 fully saturated rings. The minimum atomic E-state index is -0.0249. The van der Waals surface area contributed by atoms with Gasteiger partial charge >= 0.3 is 5.97 Å². The first-order valence-corrected chi connectivity index (χ1v) is 7.46. The Morgan fingerprint density at radius 3 is 3.00 bits per heavy atom. The maximum absolute atomic E-state index is 12.1. The Kier molecular flexibility index (Phi) is 3.63. The fraction of sp³-hybridized carbons (Fsp3) is 0.800. The quantitative estimate of drug-likeness (QED) is 0.440. The van der Waals surface area contributed by atoms with E-state index in [1.807, 2.05) is 0 Å². The summed E-state index contributed by atoms with van der Waals surface area (Å²) in [6.45, 7) is 1.60. The van der Waals surface area contributed by atoms with Gasteiger partial charge in [-0.05, 0) is 56.0 Å². The molecule has 2 bridgehead atoms. The van der Waals surface area contributed by atoms with Crippen LogP contribution in [-0.4, -0.2) is 32.2 Å². The van der Waals surface area contributed by atoms with Crippen LogP contribution in [0, 0.1) is 29.6 Å². The third kappa shape index (κ3) is 2.01. The summed E-state index contributed by atoms with van der Waals surface area (Å²) in [5.74, 6) is 2.50. The van der Waals surface area contributed by atoms with E-state index in [1.165, 1.54) is 13.5 Å². The minimum absolute atomic E-state index is 0.0249. The topological polar surface area (TPSA) is 64.3 Å². The summed E-state index contributed by atoms with van der Waals surface area (Å²) in [4.78, 5) is 12.1. The molecule has 3 aliphatic carbocycles. The summed E-state index contributed by atoms with van der Waals surface area (Å²) < 4.78 is 5.05. The molecular formula is C15H24N2O2. The number of nitrogens with two attached hydrogens (primary N) is 1. The predicted molar refractivity (Wildman–Crippen MR) is 73.3 cm³/mol. The fourth-order valence-corrected chi connectivity index (χ4v) is 4.70. The lowest BCUT2D eigenvalue weighted by Gasteiger charge is -2.37. The van der Waals surface area contributed by atoms with Gasteiger partial charge in [0.2, 0.25) is 0 Å². The van der Waals surface area contributed by atoms with E-state index in [1.54, 1.807) is 0 Å². The highest BCUT2D eigenvalue weighted by molar-refractivity contribution is 5.74.